The molecule has 1 amide bonds. The highest BCUT2D eigenvalue weighted by Gasteiger charge is 2.46. The maximum absolute atomic E-state index is 12.8. The Balaban J connectivity index is 0.000000454. The minimum absolute atomic E-state index is 0.000750. The van der Waals surface area contributed by atoms with Crippen LogP contribution in [-0.2, 0) is 23.3 Å². The largest absolute Gasteiger partial charge is 0.490 e. The smallest absolute Gasteiger partial charge is 0.475 e. The van der Waals surface area contributed by atoms with Crippen molar-refractivity contribution in [3.05, 3.63) is 52.3 Å². The molecule has 0 unspecified atom stereocenters. The lowest BCUT2D eigenvalue weighted by Crippen LogP contribution is -2.53. The molecule has 1 N–H and O–H groups in total. The summed E-state index contributed by atoms with van der Waals surface area (Å²) in [5.74, 6) is -2.12. The van der Waals surface area contributed by atoms with Gasteiger partial charge in [0.05, 0.1) is 11.3 Å². The van der Waals surface area contributed by atoms with E-state index in [9.17, 15) is 18.0 Å². The summed E-state index contributed by atoms with van der Waals surface area (Å²) < 4.78 is 33.7. The minimum atomic E-state index is -5.08. The van der Waals surface area contributed by atoms with Crippen molar-refractivity contribution in [1.29, 1.82) is 0 Å². The van der Waals surface area contributed by atoms with Gasteiger partial charge in [-0.3, -0.25) is 14.4 Å². The summed E-state index contributed by atoms with van der Waals surface area (Å²) in [6.07, 6.45) is -0.987. The molecule has 0 bridgehead atoms. The Morgan fingerprint density at radius 3 is 2.19 bits per heavy atom. The maximum atomic E-state index is 12.8. The Bertz CT molecular complexity index is 1080. The Morgan fingerprint density at radius 2 is 1.69 bits per heavy atom. The first-order valence-electron chi connectivity index (χ1n) is 12.1. The van der Waals surface area contributed by atoms with Gasteiger partial charge in [0, 0.05) is 38.3 Å². The van der Waals surface area contributed by atoms with Crippen molar-refractivity contribution < 1.29 is 27.9 Å². The van der Waals surface area contributed by atoms with E-state index in [1.165, 1.54) is 16.7 Å². The lowest BCUT2D eigenvalue weighted by atomic mass is 9.72. The van der Waals surface area contributed by atoms with Gasteiger partial charge < -0.3 is 10.0 Å². The average Bonchev–Trinajstić information content (AvgIpc) is 3.17. The molecule has 1 fully saturated rings. The second-order valence-electron chi connectivity index (χ2n) is 10.5. The molecule has 2 aromatic rings. The monoisotopic (exact) mass is 508 g/mol. The van der Waals surface area contributed by atoms with E-state index in [2.05, 4.69) is 50.8 Å². The van der Waals surface area contributed by atoms with Crippen molar-refractivity contribution in [2.75, 3.05) is 26.7 Å². The van der Waals surface area contributed by atoms with E-state index in [4.69, 9.17) is 15.0 Å². The van der Waals surface area contributed by atoms with Crippen molar-refractivity contribution >= 4 is 11.9 Å². The standard InChI is InChI=1S/C24H34N4O.C2HF3O2/c1-17(2)13-28-15-21-22(25-28)24(16-26(5)23(21)29)6-8-27(9-7-24)14-20-11-18(3)10-19(4)12-20;3-2(4,5)1(6)7/h10-12,15,17H,6-9,13-14,16H2,1-5H3;(H,6,7). The molecule has 4 rings (SSSR count). The SMILES string of the molecule is Cc1cc(C)cc(CN2CCC3(CC2)CN(C)C(=O)c2cn(CC(C)C)nc23)c1.O=C(O)C(F)(F)F. The third-order valence-corrected chi connectivity index (χ3v) is 6.68. The molecule has 3 heterocycles. The molecule has 0 aliphatic carbocycles. The molecular formula is C26H35F3N4O3. The fourth-order valence-corrected chi connectivity index (χ4v) is 5.20. The van der Waals surface area contributed by atoms with Gasteiger partial charge in [-0.25, -0.2) is 4.79 Å². The van der Waals surface area contributed by atoms with Gasteiger partial charge in [-0.2, -0.15) is 18.3 Å². The topological polar surface area (TPSA) is 78.7 Å². The summed E-state index contributed by atoms with van der Waals surface area (Å²) in [4.78, 5) is 26.1. The highest BCUT2D eigenvalue weighted by Crippen LogP contribution is 2.41. The molecule has 1 spiro atoms. The average molecular weight is 509 g/mol. The number of piperidine rings is 1. The first-order chi connectivity index (χ1) is 16.7. The number of likely N-dealkylation sites (N-methyl/N-ethyl adjacent to an activating group) is 1. The van der Waals surface area contributed by atoms with Gasteiger partial charge in [0.15, 0.2) is 0 Å². The number of aromatic nitrogens is 2. The summed E-state index contributed by atoms with van der Waals surface area (Å²) in [7, 11) is 1.94. The fraction of sp³-hybridized carbons (Fsp3) is 0.577. The first kappa shape index (κ1) is 27.7. The second-order valence-corrected chi connectivity index (χ2v) is 10.5. The van der Waals surface area contributed by atoms with E-state index in [0.717, 1.165) is 56.8 Å². The number of likely N-dealkylation sites (tertiary alicyclic amines) is 1. The summed E-state index contributed by atoms with van der Waals surface area (Å²) >= 11 is 0. The molecule has 198 valence electrons. The highest BCUT2D eigenvalue weighted by atomic mass is 19.4. The number of carbonyl (C=O) groups excluding carboxylic acids is 1. The van der Waals surface area contributed by atoms with Crippen molar-refractivity contribution in [2.45, 2.75) is 65.2 Å². The van der Waals surface area contributed by atoms with E-state index >= 15 is 0 Å². The number of hydrogen-bond donors (Lipinski definition) is 1. The first-order valence-corrected chi connectivity index (χ1v) is 12.1. The van der Waals surface area contributed by atoms with Crippen LogP contribution in [0.5, 0.6) is 0 Å². The van der Waals surface area contributed by atoms with Crippen LogP contribution in [0.4, 0.5) is 13.2 Å². The lowest BCUT2D eigenvalue weighted by Gasteiger charge is -2.45. The molecular weight excluding hydrogens is 473 g/mol. The molecule has 36 heavy (non-hydrogen) atoms. The third-order valence-electron chi connectivity index (χ3n) is 6.68. The number of benzene rings is 1. The number of rotatable bonds is 4. The Hall–Kier alpha value is -2.88. The number of carbonyl (C=O) groups is 2. The summed E-state index contributed by atoms with van der Waals surface area (Å²) in [5, 5.41) is 12.1. The van der Waals surface area contributed by atoms with E-state index in [1.807, 2.05) is 22.8 Å². The zero-order valence-electron chi connectivity index (χ0n) is 21.5. The maximum Gasteiger partial charge on any atom is 0.490 e. The molecule has 10 heteroatoms. The van der Waals surface area contributed by atoms with Gasteiger partial charge in [-0.05, 0) is 51.3 Å². The van der Waals surface area contributed by atoms with Crippen molar-refractivity contribution in [2.24, 2.45) is 5.92 Å². The number of carboxylic acids is 1. The van der Waals surface area contributed by atoms with Crippen LogP contribution in [0.1, 0.15) is 59.4 Å². The zero-order chi connectivity index (χ0) is 26.8. The van der Waals surface area contributed by atoms with Crippen LogP contribution in [0.15, 0.2) is 24.4 Å². The van der Waals surface area contributed by atoms with Crippen LogP contribution in [0.25, 0.3) is 0 Å². The number of hydrogen-bond acceptors (Lipinski definition) is 4. The van der Waals surface area contributed by atoms with Crippen LogP contribution < -0.4 is 0 Å². The Morgan fingerprint density at radius 1 is 1.14 bits per heavy atom. The van der Waals surface area contributed by atoms with E-state index in [1.54, 1.807) is 0 Å². The molecule has 1 aromatic heterocycles. The second kappa shape index (κ2) is 10.6. The highest BCUT2D eigenvalue weighted by molar-refractivity contribution is 5.96. The summed E-state index contributed by atoms with van der Waals surface area (Å²) in [6.45, 7) is 13.5. The van der Waals surface area contributed by atoms with E-state index in [-0.39, 0.29) is 11.3 Å². The van der Waals surface area contributed by atoms with Crippen LogP contribution in [-0.4, -0.2) is 69.4 Å². The molecule has 1 saturated heterocycles. The zero-order valence-corrected chi connectivity index (χ0v) is 21.5. The van der Waals surface area contributed by atoms with Crippen LogP contribution in [0.3, 0.4) is 0 Å². The van der Waals surface area contributed by atoms with Crippen LogP contribution in [0.2, 0.25) is 0 Å². The van der Waals surface area contributed by atoms with Gasteiger partial charge in [-0.15, -0.1) is 0 Å². The van der Waals surface area contributed by atoms with Gasteiger partial charge in [-0.1, -0.05) is 43.2 Å². The molecule has 2 aliphatic heterocycles. The number of aliphatic carboxylic acids is 1. The predicted molar refractivity (Wildman–Crippen MR) is 130 cm³/mol. The normalized spacial score (nSPS) is 17.7. The van der Waals surface area contributed by atoms with Gasteiger partial charge >= 0.3 is 12.1 Å². The molecule has 0 radical (unpaired) electrons. The lowest BCUT2D eigenvalue weighted by molar-refractivity contribution is -0.192. The molecule has 0 saturated carbocycles. The molecule has 2 aliphatic rings. The summed E-state index contributed by atoms with van der Waals surface area (Å²) in [5.41, 5.74) is 5.94. The predicted octanol–water partition coefficient (Wildman–Crippen LogP) is 4.41. The Labute approximate surface area is 209 Å². The van der Waals surface area contributed by atoms with Crippen molar-refractivity contribution in [3.8, 4) is 0 Å². The number of halogens is 3. The number of fused-ring (bicyclic) bond motifs is 2. The molecule has 1 aromatic carbocycles. The van der Waals surface area contributed by atoms with Gasteiger partial charge in [0.2, 0.25) is 0 Å². The number of alkyl halides is 3. The summed E-state index contributed by atoms with van der Waals surface area (Å²) in [6, 6.07) is 6.84. The van der Waals surface area contributed by atoms with Gasteiger partial charge in [0.25, 0.3) is 5.91 Å². The molecule has 7 nitrogen and oxygen atoms in total. The molecule has 0 atom stereocenters. The number of aryl methyl sites for hydroxylation is 2. The van der Waals surface area contributed by atoms with Crippen LogP contribution in [0, 0.1) is 19.8 Å². The minimum Gasteiger partial charge on any atom is -0.475 e. The van der Waals surface area contributed by atoms with Crippen LogP contribution >= 0.6 is 0 Å². The number of amides is 1. The van der Waals surface area contributed by atoms with E-state index < -0.39 is 12.1 Å². The number of nitrogens with zero attached hydrogens (tertiary/aromatic N) is 4. The number of carboxylic acid groups (broad SMARTS) is 1. The quantitative estimate of drug-likeness (QED) is 0.662. The Kier molecular flexibility index (Phi) is 8.17. The fourth-order valence-electron chi connectivity index (χ4n) is 5.20. The third kappa shape index (κ3) is 6.46. The van der Waals surface area contributed by atoms with Crippen molar-refractivity contribution in [3.63, 3.8) is 0 Å². The van der Waals surface area contributed by atoms with E-state index in [0.29, 0.717) is 5.92 Å². The van der Waals surface area contributed by atoms with Gasteiger partial charge in [0.1, 0.15) is 0 Å². The van der Waals surface area contributed by atoms with Crippen molar-refractivity contribution in [1.82, 2.24) is 19.6 Å².